The lowest BCUT2D eigenvalue weighted by molar-refractivity contribution is -0.385. The average molecular weight is 330 g/mol. The van der Waals surface area contributed by atoms with Crippen LogP contribution in [0.1, 0.15) is 10.4 Å². The third-order valence-electron chi connectivity index (χ3n) is 1.96. The van der Waals surface area contributed by atoms with E-state index in [0.29, 0.717) is 0 Å². The minimum absolute atomic E-state index is 0.292. The lowest BCUT2D eigenvalue weighted by Crippen LogP contribution is -2.27. The van der Waals surface area contributed by atoms with Gasteiger partial charge in [0.25, 0.3) is 5.91 Å². The van der Waals surface area contributed by atoms with E-state index < -0.39 is 32.9 Å². The standard InChI is InChI=1S/C9H7ClF3N3O3S/c10-7-6(16(18)19)5(1-2-14-7)8(17)15-3-4-20-9(11,12)13/h1-2H,3-4H2,(H,15,17). The van der Waals surface area contributed by atoms with Gasteiger partial charge in [-0.1, -0.05) is 11.6 Å². The molecule has 0 spiro atoms. The van der Waals surface area contributed by atoms with Crippen molar-refractivity contribution < 1.29 is 22.9 Å². The summed E-state index contributed by atoms with van der Waals surface area (Å²) in [5, 5.41) is 12.4. The van der Waals surface area contributed by atoms with E-state index in [1.165, 1.54) is 0 Å². The first-order valence-corrected chi connectivity index (χ1v) is 6.36. The van der Waals surface area contributed by atoms with Crippen molar-refractivity contribution in [2.75, 3.05) is 12.3 Å². The summed E-state index contributed by atoms with van der Waals surface area (Å²) in [5.41, 5.74) is -5.43. The fourth-order valence-corrected chi connectivity index (χ4v) is 1.87. The molecule has 1 rings (SSSR count). The van der Waals surface area contributed by atoms with Crippen molar-refractivity contribution >= 4 is 35.0 Å². The molecule has 0 unspecified atom stereocenters. The zero-order valence-corrected chi connectivity index (χ0v) is 11.2. The van der Waals surface area contributed by atoms with Gasteiger partial charge in [0, 0.05) is 18.5 Å². The van der Waals surface area contributed by atoms with Gasteiger partial charge in [0.05, 0.1) is 4.92 Å². The number of alkyl halides is 3. The molecule has 0 aromatic carbocycles. The highest BCUT2D eigenvalue weighted by atomic mass is 35.5. The van der Waals surface area contributed by atoms with Crippen molar-refractivity contribution in [1.29, 1.82) is 0 Å². The van der Waals surface area contributed by atoms with Gasteiger partial charge in [0.1, 0.15) is 5.56 Å². The molecular formula is C9H7ClF3N3O3S. The number of nitrogens with zero attached hydrogens (tertiary/aromatic N) is 2. The van der Waals surface area contributed by atoms with Crippen molar-refractivity contribution in [3.05, 3.63) is 33.1 Å². The molecule has 20 heavy (non-hydrogen) atoms. The van der Waals surface area contributed by atoms with Crippen molar-refractivity contribution in [1.82, 2.24) is 10.3 Å². The van der Waals surface area contributed by atoms with Gasteiger partial charge in [0.15, 0.2) is 0 Å². The zero-order valence-electron chi connectivity index (χ0n) is 9.61. The number of pyridine rings is 1. The number of rotatable bonds is 5. The number of halogens is 4. The first-order valence-electron chi connectivity index (χ1n) is 5.00. The maximum absolute atomic E-state index is 11.9. The minimum atomic E-state index is -4.39. The molecule has 0 atom stereocenters. The highest BCUT2D eigenvalue weighted by Crippen LogP contribution is 2.29. The van der Waals surface area contributed by atoms with Gasteiger partial charge >= 0.3 is 11.2 Å². The third kappa shape index (κ3) is 4.85. The quantitative estimate of drug-likeness (QED) is 0.388. The number of nitro groups is 1. The molecular weight excluding hydrogens is 323 g/mol. The van der Waals surface area contributed by atoms with Gasteiger partial charge in [-0.2, -0.15) is 13.2 Å². The fraction of sp³-hybridized carbons (Fsp3) is 0.333. The molecule has 0 radical (unpaired) electrons. The van der Waals surface area contributed by atoms with Crippen LogP contribution in [0.2, 0.25) is 5.15 Å². The zero-order chi connectivity index (χ0) is 15.3. The molecule has 11 heteroatoms. The monoisotopic (exact) mass is 329 g/mol. The number of hydrogen-bond acceptors (Lipinski definition) is 5. The lowest BCUT2D eigenvalue weighted by Gasteiger charge is -2.07. The number of hydrogen-bond donors (Lipinski definition) is 1. The molecule has 0 aliphatic heterocycles. The summed E-state index contributed by atoms with van der Waals surface area (Å²) in [7, 11) is 0. The maximum atomic E-state index is 11.9. The number of amides is 1. The van der Waals surface area contributed by atoms with E-state index in [1.54, 1.807) is 0 Å². The Morgan fingerprint density at radius 1 is 1.55 bits per heavy atom. The summed E-state index contributed by atoms with van der Waals surface area (Å²) < 4.78 is 35.6. The van der Waals surface area contributed by atoms with E-state index in [9.17, 15) is 28.1 Å². The lowest BCUT2D eigenvalue weighted by atomic mass is 10.2. The molecule has 6 nitrogen and oxygen atoms in total. The van der Waals surface area contributed by atoms with Gasteiger partial charge < -0.3 is 5.32 Å². The van der Waals surface area contributed by atoms with Gasteiger partial charge in [-0.15, -0.1) is 0 Å². The number of thioether (sulfide) groups is 1. The normalized spacial score (nSPS) is 11.2. The van der Waals surface area contributed by atoms with E-state index in [2.05, 4.69) is 10.3 Å². The van der Waals surface area contributed by atoms with Crippen LogP contribution in [0.5, 0.6) is 0 Å². The second kappa shape index (κ2) is 6.75. The molecule has 0 saturated heterocycles. The summed E-state index contributed by atoms with van der Waals surface area (Å²) in [5.74, 6) is -1.29. The van der Waals surface area contributed by atoms with E-state index in [4.69, 9.17) is 11.6 Å². The average Bonchev–Trinajstić information content (AvgIpc) is 2.32. The predicted molar refractivity (Wildman–Crippen MR) is 66.7 cm³/mol. The summed E-state index contributed by atoms with van der Waals surface area (Å²) in [6.07, 6.45) is 1.09. The number of aromatic nitrogens is 1. The van der Waals surface area contributed by atoms with E-state index >= 15 is 0 Å². The predicted octanol–water partition coefficient (Wildman–Crippen LogP) is 2.63. The van der Waals surface area contributed by atoms with Crippen LogP contribution in [0.4, 0.5) is 18.9 Å². The molecule has 110 valence electrons. The Balaban J connectivity index is 2.69. The largest absolute Gasteiger partial charge is 0.441 e. The molecule has 0 aliphatic carbocycles. The Morgan fingerprint density at radius 2 is 2.20 bits per heavy atom. The van der Waals surface area contributed by atoms with Gasteiger partial charge in [0.2, 0.25) is 5.15 Å². The van der Waals surface area contributed by atoms with Crippen molar-refractivity contribution in [3.8, 4) is 0 Å². The Morgan fingerprint density at radius 3 is 2.75 bits per heavy atom. The molecule has 1 aromatic rings. The minimum Gasteiger partial charge on any atom is -0.351 e. The molecule has 1 N–H and O–H groups in total. The Labute approximate surface area is 119 Å². The second-order valence-corrected chi connectivity index (χ2v) is 4.82. The first-order chi connectivity index (χ1) is 9.22. The van der Waals surface area contributed by atoms with Crippen LogP contribution < -0.4 is 5.32 Å². The van der Waals surface area contributed by atoms with Crippen LogP contribution in [-0.2, 0) is 0 Å². The van der Waals surface area contributed by atoms with Crippen molar-refractivity contribution in [2.45, 2.75) is 5.51 Å². The Bertz CT molecular complexity index is 527. The Hall–Kier alpha value is -1.55. The highest BCUT2D eigenvalue weighted by molar-refractivity contribution is 8.00. The van der Waals surface area contributed by atoms with Crippen LogP contribution in [-0.4, -0.2) is 33.6 Å². The summed E-state index contributed by atoms with van der Waals surface area (Å²) in [6, 6.07) is 1.07. The number of carbonyl (C=O) groups excluding carboxylic acids is 1. The molecule has 0 fully saturated rings. The van der Waals surface area contributed by atoms with Gasteiger partial charge in [-0.05, 0) is 17.8 Å². The fourth-order valence-electron chi connectivity index (χ4n) is 1.21. The Kier molecular flexibility index (Phi) is 5.57. The van der Waals surface area contributed by atoms with Crippen molar-refractivity contribution in [3.63, 3.8) is 0 Å². The first kappa shape index (κ1) is 16.5. The maximum Gasteiger partial charge on any atom is 0.441 e. The number of carbonyl (C=O) groups is 1. The molecule has 0 saturated carbocycles. The highest BCUT2D eigenvalue weighted by Gasteiger charge is 2.28. The van der Waals surface area contributed by atoms with Crippen LogP contribution in [0.25, 0.3) is 0 Å². The second-order valence-electron chi connectivity index (χ2n) is 3.31. The van der Waals surface area contributed by atoms with Crippen LogP contribution in [0.3, 0.4) is 0 Å². The van der Waals surface area contributed by atoms with E-state index in [0.717, 1.165) is 12.3 Å². The smallest absolute Gasteiger partial charge is 0.351 e. The van der Waals surface area contributed by atoms with E-state index in [1.807, 2.05) is 0 Å². The number of nitrogens with one attached hydrogen (secondary N) is 1. The van der Waals surface area contributed by atoms with Crippen LogP contribution >= 0.6 is 23.4 Å². The SMILES string of the molecule is O=C(NCCSC(F)(F)F)c1ccnc(Cl)c1[N+](=O)[O-]. The third-order valence-corrected chi connectivity index (χ3v) is 2.97. The molecule has 1 heterocycles. The van der Waals surface area contributed by atoms with Crippen LogP contribution in [0.15, 0.2) is 12.3 Å². The molecule has 1 amide bonds. The van der Waals surface area contributed by atoms with Crippen molar-refractivity contribution in [2.24, 2.45) is 0 Å². The van der Waals surface area contributed by atoms with E-state index in [-0.39, 0.29) is 23.9 Å². The van der Waals surface area contributed by atoms with Crippen LogP contribution in [0, 0.1) is 10.1 Å². The molecule has 1 aromatic heterocycles. The van der Waals surface area contributed by atoms with Gasteiger partial charge in [-0.3, -0.25) is 14.9 Å². The molecule has 0 aliphatic rings. The summed E-state index contributed by atoms with van der Waals surface area (Å²) in [6.45, 7) is -0.292. The summed E-state index contributed by atoms with van der Waals surface area (Å²) in [4.78, 5) is 25.0. The topological polar surface area (TPSA) is 85.1 Å². The molecule has 0 bridgehead atoms. The van der Waals surface area contributed by atoms with Gasteiger partial charge in [-0.25, -0.2) is 4.98 Å². The summed E-state index contributed by atoms with van der Waals surface area (Å²) >= 11 is 5.20.